The van der Waals surface area contributed by atoms with Gasteiger partial charge in [-0.2, -0.15) is 0 Å². The maximum absolute atomic E-state index is 13.3. The monoisotopic (exact) mass is 230 g/mol. The summed E-state index contributed by atoms with van der Waals surface area (Å²) in [7, 11) is 0. The highest BCUT2D eigenvalue weighted by atomic mass is 79.9. The average molecular weight is 231 g/mol. The van der Waals surface area contributed by atoms with E-state index in [1.165, 1.54) is 0 Å². The molecule has 1 aromatic rings. The fourth-order valence-corrected chi connectivity index (χ4v) is 1.44. The van der Waals surface area contributed by atoms with Crippen molar-refractivity contribution in [1.29, 1.82) is 0 Å². The second-order valence-corrected chi connectivity index (χ2v) is 3.63. The molecule has 0 saturated heterocycles. The second-order valence-electron chi connectivity index (χ2n) is 2.84. The van der Waals surface area contributed by atoms with Gasteiger partial charge in [-0.1, -0.05) is 34.1 Å². The Labute approximate surface area is 80.9 Å². The fraction of sp³-hybridized carbons (Fsp3) is 0.400. The van der Waals surface area contributed by atoms with Crippen LogP contribution in [0.3, 0.4) is 0 Å². The van der Waals surface area contributed by atoms with Crippen molar-refractivity contribution < 1.29 is 4.39 Å². The zero-order valence-electron chi connectivity index (χ0n) is 7.11. The van der Waals surface area contributed by atoms with E-state index < -0.39 is 0 Å². The molecule has 0 bridgehead atoms. The summed E-state index contributed by atoms with van der Waals surface area (Å²) in [6, 6.07) is 5.56. The minimum absolute atomic E-state index is 0.0431. The van der Waals surface area contributed by atoms with Gasteiger partial charge in [-0.3, -0.25) is 0 Å². The molecule has 0 fully saturated rings. The molecule has 0 aliphatic carbocycles. The zero-order chi connectivity index (χ0) is 8.97. The van der Waals surface area contributed by atoms with Crippen LogP contribution in [-0.4, -0.2) is 5.33 Å². The van der Waals surface area contributed by atoms with Crippen LogP contribution in [0.2, 0.25) is 0 Å². The Morgan fingerprint density at radius 3 is 2.83 bits per heavy atom. The normalized spacial score (nSPS) is 10.2. The summed E-state index contributed by atoms with van der Waals surface area (Å²) in [6.45, 7) is 1.80. The SMILES string of the molecule is Cc1cccc(CCCBr)c1F. The Kier molecular flexibility index (Phi) is 3.73. The van der Waals surface area contributed by atoms with Crippen molar-refractivity contribution in [2.45, 2.75) is 19.8 Å². The van der Waals surface area contributed by atoms with Gasteiger partial charge in [0.05, 0.1) is 0 Å². The fourth-order valence-electron chi connectivity index (χ4n) is 1.16. The molecular formula is C10H12BrF. The summed E-state index contributed by atoms with van der Waals surface area (Å²) in [5.41, 5.74) is 1.57. The highest BCUT2D eigenvalue weighted by Crippen LogP contribution is 2.13. The molecule has 0 amide bonds. The standard InChI is InChI=1S/C10H12BrF/c1-8-4-2-5-9(10(8)12)6-3-7-11/h2,4-5H,3,6-7H2,1H3. The van der Waals surface area contributed by atoms with Gasteiger partial charge in [0, 0.05) is 5.33 Å². The molecule has 0 nitrogen and oxygen atoms in total. The molecule has 66 valence electrons. The molecule has 0 heterocycles. The molecule has 0 aliphatic heterocycles. The Bertz CT molecular complexity index is 258. The third-order valence-corrected chi connectivity index (χ3v) is 2.41. The molecular weight excluding hydrogens is 219 g/mol. The lowest BCUT2D eigenvalue weighted by Gasteiger charge is -2.03. The highest BCUT2D eigenvalue weighted by Gasteiger charge is 2.02. The van der Waals surface area contributed by atoms with Gasteiger partial charge in [0.1, 0.15) is 5.82 Å². The number of alkyl halides is 1. The van der Waals surface area contributed by atoms with Crippen LogP contribution in [-0.2, 0) is 6.42 Å². The lowest BCUT2D eigenvalue weighted by Crippen LogP contribution is -1.93. The number of benzene rings is 1. The maximum atomic E-state index is 13.3. The molecule has 0 atom stereocenters. The van der Waals surface area contributed by atoms with E-state index in [0.717, 1.165) is 29.3 Å². The van der Waals surface area contributed by atoms with Crippen LogP contribution < -0.4 is 0 Å². The molecule has 0 spiro atoms. The van der Waals surface area contributed by atoms with E-state index in [0.29, 0.717) is 0 Å². The number of aryl methyl sites for hydroxylation is 2. The Balaban J connectivity index is 2.78. The number of rotatable bonds is 3. The van der Waals surface area contributed by atoms with Crippen molar-refractivity contribution in [3.8, 4) is 0 Å². The Hall–Kier alpha value is -0.370. The van der Waals surface area contributed by atoms with Crippen molar-refractivity contribution in [2.24, 2.45) is 0 Å². The molecule has 0 radical (unpaired) electrons. The molecule has 1 aromatic carbocycles. The first-order valence-corrected chi connectivity index (χ1v) is 5.18. The molecule has 12 heavy (non-hydrogen) atoms. The summed E-state index contributed by atoms with van der Waals surface area (Å²) < 4.78 is 13.3. The van der Waals surface area contributed by atoms with Crippen LogP contribution in [0.25, 0.3) is 0 Å². The molecule has 2 heteroatoms. The Morgan fingerprint density at radius 2 is 2.17 bits per heavy atom. The van der Waals surface area contributed by atoms with Gasteiger partial charge < -0.3 is 0 Å². The summed E-state index contributed by atoms with van der Waals surface area (Å²) in [5.74, 6) is -0.0431. The van der Waals surface area contributed by atoms with E-state index >= 15 is 0 Å². The van der Waals surface area contributed by atoms with Crippen molar-refractivity contribution in [1.82, 2.24) is 0 Å². The van der Waals surface area contributed by atoms with Crippen LogP contribution in [0, 0.1) is 12.7 Å². The van der Waals surface area contributed by atoms with Crippen molar-refractivity contribution in [3.63, 3.8) is 0 Å². The van der Waals surface area contributed by atoms with Crippen LogP contribution >= 0.6 is 15.9 Å². The van der Waals surface area contributed by atoms with Gasteiger partial charge in [-0.15, -0.1) is 0 Å². The summed E-state index contributed by atoms with van der Waals surface area (Å²) in [5, 5.41) is 0.931. The molecule has 1 rings (SSSR count). The predicted octanol–water partition coefficient (Wildman–Crippen LogP) is 3.46. The second kappa shape index (κ2) is 4.61. The van der Waals surface area contributed by atoms with E-state index in [-0.39, 0.29) is 5.82 Å². The topological polar surface area (TPSA) is 0 Å². The minimum Gasteiger partial charge on any atom is -0.206 e. The molecule has 0 aromatic heterocycles. The van der Waals surface area contributed by atoms with Crippen molar-refractivity contribution >= 4 is 15.9 Å². The summed E-state index contributed by atoms with van der Waals surface area (Å²) in [6.07, 6.45) is 1.80. The minimum atomic E-state index is -0.0431. The maximum Gasteiger partial charge on any atom is 0.129 e. The number of halogens is 2. The van der Waals surface area contributed by atoms with Gasteiger partial charge in [0.15, 0.2) is 0 Å². The third-order valence-electron chi connectivity index (χ3n) is 1.85. The van der Waals surface area contributed by atoms with Crippen LogP contribution in [0.5, 0.6) is 0 Å². The smallest absolute Gasteiger partial charge is 0.129 e. The van der Waals surface area contributed by atoms with Gasteiger partial charge in [-0.05, 0) is 30.9 Å². The van der Waals surface area contributed by atoms with E-state index in [9.17, 15) is 4.39 Å². The van der Waals surface area contributed by atoms with Crippen LogP contribution in [0.15, 0.2) is 18.2 Å². The quantitative estimate of drug-likeness (QED) is 0.699. The first-order valence-electron chi connectivity index (χ1n) is 4.05. The van der Waals surface area contributed by atoms with E-state index in [4.69, 9.17) is 0 Å². The van der Waals surface area contributed by atoms with Gasteiger partial charge >= 0.3 is 0 Å². The average Bonchev–Trinajstić information content (AvgIpc) is 2.08. The van der Waals surface area contributed by atoms with Crippen LogP contribution in [0.4, 0.5) is 4.39 Å². The lowest BCUT2D eigenvalue weighted by atomic mass is 10.1. The molecule has 0 aliphatic rings. The zero-order valence-corrected chi connectivity index (χ0v) is 8.70. The van der Waals surface area contributed by atoms with E-state index in [1.54, 1.807) is 13.0 Å². The molecule has 0 unspecified atom stereocenters. The van der Waals surface area contributed by atoms with E-state index in [1.807, 2.05) is 12.1 Å². The summed E-state index contributed by atoms with van der Waals surface area (Å²) >= 11 is 3.33. The first-order chi connectivity index (χ1) is 5.75. The van der Waals surface area contributed by atoms with Crippen molar-refractivity contribution in [2.75, 3.05) is 5.33 Å². The summed E-state index contributed by atoms with van der Waals surface area (Å²) in [4.78, 5) is 0. The largest absolute Gasteiger partial charge is 0.206 e. The highest BCUT2D eigenvalue weighted by molar-refractivity contribution is 9.09. The number of hydrogen-bond donors (Lipinski definition) is 0. The predicted molar refractivity (Wildman–Crippen MR) is 53.3 cm³/mol. The van der Waals surface area contributed by atoms with Crippen molar-refractivity contribution in [3.05, 3.63) is 35.1 Å². The molecule has 0 N–H and O–H groups in total. The van der Waals surface area contributed by atoms with Gasteiger partial charge in [0.2, 0.25) is 0 Å². The van der Waals surface area contributed by atoms with Gasteiger partial charge in [-0.25, -0.2) is 4.39 Å². The molecule has 0 saturated carbocycles. The first kappa shape index (κ1) is 9.72. The lowest BCUT2D eigenvalue weighted by molar-refractivity contribution is 0.599. The van der Waals surface area contributed by atoms with Gasteiger partial charge in [0.25, 0.3) is 0 Å². The third kappa shape index (κ3) is 2.31. The van der Waals surface area contributed by atoms with Crippen LogP contribution in [0.1, 0.15) is 17.5 Å². The Morgan fingerprint density at radius 1 is 1.42 bits per heavy atom. The number of hydrogen-bond acceptors (Lipinski definition) is 0. The van der Waals surface area contributed by atoms with E-state index in [2.05, 4.69) is 15.9 Å².